The zero-order chi connectivity index (χ0) is 12.7. The molecule has 0 aliphatic heterocycles. The van der Waals surface area contributed by atoms with Crippen molar-refractivity contribution in [2.75, 3.05) is 0 Å². The maximum Gasteiger partial charge on any atom is 0.144 e. The molecule has 2 nitrogen and oxygen atoms in total. The third-order valence-electron chi connectivity index (χ3n) is 3.28. The summed E-state index contributed by atoms with van der Waals surface area (Å²) in [6, 6.07) is 8.23. The summed E-state index contributed by atoms with van der Waals surface area (Å²) < 4.78 is 1.60. The number of rotatable bonds is 2. The normalized spacial score (nSPS) is 14.8. The number of hydrogen-bond acceptors (Lipinski definition) is 2. The number of halogens is 1. The highest BCUT2D eigenvalue weighted by Gasteiger charge is 2.27. The highest BCUT2D eigenvalue weighted by molar-refractivity contribution is 9.10. The van der Waals surface area contributed by atoms with E-state index in [0.29, 0.717) is 10.6 Å². The molecule has 0 spiro atoms. The molecule has 0 unspecified atom stereocenters. The molecule has 1 aromatic heterocycles. The Balaban J connectivity index is 2.19. The molecule has 1 aliphatic carbocycles. The standard InChI is InChI=1S/C14H13BrN2S/c1-8-4-2-3-5-10(8)13-16-12(9-6-7-9)11(15)14(18)17-13/h2-5,9H,6-7H2,1H3,(H,16,17,18). The number of benzene rings is 1. The van der Waals surface area contributed by atoms with Crippen molar-refractivity contribution in [3.8, 4) is 11.4 Å². The Labute approximate surface area is 120 Å². The smallest absolute Gasteiger partial charge is 0.144 e. The summed E-state index contributed by atoms with van der Waals surface area (Å²) in [5.74, 6) is 1.50. The van der Waals surface area contributed by atoms with Crippen LogP contribution in [0.3, 0.4) is 0 Å². The van der Waals surface area contributed by atoms with Crippen LogP contribution in [0.4, 0.5) is 0 Å². The molecule has 2 aromatic rings. The van der Waals surface area contributed by atoms with E-state index in [4.69, 9.17) is 12.2 Å². The lowest BCUT2D eigenvalue weighted by molar-refractivity contribution is 0.971. The third-order valence-corrected chi connectivity index (χ3v) is 4.64. The Morgan fingerprint density at radius 2 is 2.06 bits per heavy atom. The lowest BCUT2D eigenvalue weighted by Gasteiger charge is -2.09. The van der Waals surface area contributed by atoms with Crippen molar-refractivity contribution in [1.29, 1.82) is 0 Å². The molecule has 0 amide bonds. The van der Waals surface area contributed by atoms with Crippen LogP contribution in [0.2, 0.25) is 0 Å². The molecule has 1 aromatic carbocycles. The van der Waals surface area contributed by atoms with E-state index < -0.39 is 0 Å². The van der Waals surface area contributed by atoms with Gasteiger partial charge in [0.1, 0.15) is 10.5 Å². The second-order valence-corrected chi connectivity index (χ2v) is 5.89. The zero-order valence-corrected chi connectivity index (χ0v) is 12.4. The summed E-state index contributed by atoms with van der Waals surface area (Å²) in [4.78, 5) is 7.93. The molecular weight excluding hydrogens is 308 g/mol. The van der Waals surface area contributed by atoms with Crippen LogP contribution in [-0.4, -0.2) is 9.97 Å². The summed E-state index contributed by atoms with van der Waals surface area (Å²) in [5, 5.41) is 0. The highest BCUT2D eigenvalue weighted by atomic mass is 79.9. The van der Waals surface area contributed by atoms with Crippen molar-refractivity contribution in [1.82, 2.24) is 9.97 Å². The Hall–Kier alpha value is -1.00. The van der Waals surface area contributed by atoms with Crippen molar-refractivity contribution in [2.45, 2.75) is 25.7 Å². The van der Waals surface area contributed by atoms with Crippen LogP contribution >= 0.6 is 28.1 Å². The first-order chi connectivity index (χ1) is 8.66. The highest BCUT2D eigenvalue weighted by Crippen LogP contribution is 2.42. The fraction of sp³-hybridized carbons (Fsp3) is 0.286. The van der Waals surface area contributed by atoms with Gasteiger partial charge in [-0.2, -0.15) is 0 Å². The van der Waals surface area contributed by atoms with Crippen molar-refractivity contribution in [3.63, 3.8) is 0 Å². The molecular formula is C14H13BrN2S. The number of nitrogens with one attached hydrogen (secondary N) is 1. The van der Waals surface area contributed by atoms with Crippen molar-refractivity contribution in [2.24, 2.45) is 0 Å². The topological polar surface area (TPSA) is 28.7 Å². The summed E-state index contributed by atoms with van der Waals surface area (Å²) in [7, 11) is 0. The molecule has 3 rings (SSSR count). The first-order valence-corrected chi connectivity index (χ1v) is 7.22. The van der Waals surface area contributed by atoms with Crippen LogP contribution in [0.1, 0.15) is 30.0 Å². The summed E-state index contributed by atoms with van der Waals surface area (Å²) in [6.45, 7) is 2.09. The lowest BCUT2D eigenvalue weighted by Crippen LogP contribution is -1.98. The average molecular weight is 321 g/mol. The Morgan fingerprint density at radius 3 is 2.72 bits per heavy atom. The van der Waals surface area contributed by atoms with Crippen LogP contribution in [0, 0.1) is 11.6 Å². The molecule has 0 saturated heterocycles. The molecule has 0 radical (unpaired) electrons. The van der Waals surface area contributed by atoms with Crippen LogP contribution in [0.25, 0.3) is 11.4 Å². The fourth-order valence-corrected chi connectivity index (χ4v) is 2.81. The van der Waals surface area contributed by atoms with Gasteiger partial charge in [-0.25, -0.2) is 4.98 Å². The van der Waals surface area contributed by atoms with E-state index >= 15 is 0 Å². The molecule has 4 heteroatoms. The zero-order valence-electron chi connectivity index (χ0n) is 10.0. The predicted octanol–water partition coefficient (Wildman–Crippen LogP) is 4.75. The Morgan fingerprint density at radius 1 is 1.33 bits per heavy atom. The van der Waals surface area contributed by atoms with Gasteiger partial charge in [0.25, 0.3) is 0 Å². The van der Waals surface area contributed by atoms with Gasteiger partial charge in [0, 0.05) is 17.2 Å². The van der Waals surface area contributed by atoms with Gasteiger partial charge in [0.15, 0.2) is 0 Å². The largest absolute Gasteiger partial charge is 0.342 e. The maximum atomic E-state index is 5.34. The number of aryl methyl sites for hydroxylation is 1. The van der Waals surface area contributed by atoms with E-state index in [-0.39, 0.29) is 0 Å². The first kappa shape index (κ1) is 12.1. The van der Waals surface area contributed by atoms with Gasteiger partial charge in [-0.05, 0) is 41.3 Å². The lowest BCUT2D eigenvalue weighted by atomic mass is 10.1. The summed E-state index contributed by atoms with van der Waals surface area (Å²) in [5.41, 5.74) is 3.53. The van der Waals surface area contributed by atoms with Crippen LogP contribution in [0.15, 0.2) is 28.7 Å². The van der Waals surface area contributed by atoms with Crippen molar-refractivity contribution in [3.05, 3.63) is 44.6 Å². The van der Waals surface area contributed by atoms with Gasteiger partial charge < -0.3 is 4.98 Å². The van der Waals surface area contributed by atoms with Crippen LogP contribution in [-0.2, 0) is 0 Å². The molecule has 0 atom stereocenters. The molecule has 1 fully saturated rings. The minimum atomic E-state index is 0.617. The van der Waals surface area contributed by atoms with Gasteiger partial charge in [-0.3, -0.25) is 0 Å². The van der Waals surface area contributed by atoms with Gasteiger partial charge >= 0.3 is 0 Å². The van der Waals surface area contributed by atoms with E-state index in [1.54, 1.807) is 0 Å². The molecule has 0 bridgehead atoms. The predicted molar refractivity (Wildman–Crippen MR) is 79.3 cm³/mol. The van der Waals surface area contributed by atoms with Crippen LogP contribution in [0.5, 0.6) is 0 Å². The van der Waals surface area contributed by atoms with E-state index in [1.165, 1.54) is 24.1 Å². The quantitative estimate of drug-likeness (QED) is 0.808. The fourth-order valence-electron chi connectivity index (χ4n) is 2.10. The average Bonchev–Trinajstić information content (AvgIpc) is 3.17. The molecule has 18 heavy (non-hydrogen) atoms. The second kappa shape index (κ2) is 4.59. The Bertz CT molecular complexity index is 659. The number of aromatic amines is 1. The van der Waals surface area contributed by atoms with Crippen molar-refractivity contribution < 1.29 is 0 Å². The second-order valence-electron chi connectivity index (χ2n) is 4.71. The van der Waals surface area contributed by atoms with Gasteiger partial charge in [0.05, 0.1) is 4.47 Å². The SMILES string of the molecule is Cc1ccccc1-c1nc(=S)c(Br)c(C2CC2)[nH]1. The maximum absolute atomic E-state index is 5.34. The number of nitrogens with zero attached hydrogens (tertiary/aromatic N) is 1. The Kier molecular flexibility index (Phi) is 3.08. The van der Waals surface area contributed by atoms with E-state index in [2.05, 4.69) is 45.0 Å². The van der Waals surface area contributed by atoms with Crippen molar-refractivity contribution >= 4 is 28.1 Å². The number of aromatic nitrogens is 2. The summed E-state index contributed by atoms with van der Waals surface area (Å²) in [6.07, 6.45) is 2.47. The van der Waals surface area contributed by atoms with Gasteiger partial charge in [-0.15, -0.1) is 0 Å². The molecule has 1 N–H and O–H groups in total. The minimum absolute atomic E-state index is 0.617. The van der Waals surface area contributed by atoms with E-state index in [9.17, 15) is 0 Å². The minimum Gasteiger partial charge on any atom is -0.342 e. The first-order valence-electron chi connectivity index (χ1n) is 6.02. The summed E-state index contributed by atoms with van der Waals surface area (Å²) >= 11 is 8.89. The van der Waals surface area contributed by atoms with Crippen LogP contribution < -0.4 is 0 Å². The monoisotopic (exact) mass is 320 g/mol. The number of hydrogen-bond donors (Lipinski definition) is 1. The molecule has 1 aliphatic rings. The van der Waals surface area contributed by atoms with Gasteiger partial charge in [0.2, 0.25) is 0 Å². The van der Waals surface area contributed by atoms with Gasteiger partial charge in [-0.1, -0.05) is 36.5 Å². The number of H-pyrrole nitrogens is 1. The molecule has 92 valence electrons. The molecule has 1 heterocycles. The van der Waals surface area contributed by atoms with E-state index in [1.807, 2.05) is 12.1 Å². The molecule has 1 saturated carbocycles. The van der Waals surface area contributed by atoms with E-state index in [0.717, 1.165) is 15.9 Å². The third kappa shape index (κ3) is 2.15.